The van der Waals surface area contributed by atoms with Gasteiger partial charge < -0.3 is 5.11 Å². The number of benzene rings is 1. The van der Waals surface area contributed by atoms with Gasteiger partial charge in [-0.1, -0.05) is 25.1 Å². The second kappa shape index (κ2) is 4.00. The number of nitrogens with zero attached hydrogens (tertiary/aromatic N) is 2. The SMILES string of the molecule is CCc1cccc(-c2nn(C)c(C)c2O)c1. The van der Waals surface area contributed by atoms with Crippen LogP contribution < -0.4 is 0 Å². The molecule has 0 saturated carbocycles. The van der Waals surface area contributed by atoms with Crippen molar-refractivity contribution in [3.05, 3.63) is 35.5 Å². The highest BCUT2D eigenvalue weighted by Crippen LogP contribution is 2.30. The van der Waals surface area contributed by atoms with Crippen LogP contribution in [-0.2, 0) is 13.5 Å². The Bertz CT molecular complexity index is 515. The second-order valence-electron chi connectivity index (χ2n) is 3.96. The van der Waals surface area contributed by atoms with Gasteiger partial charge in [-0.15, -0.1) is 0 Å². The van der Waals surface area contributed by atoms with E-state index in [0.29, 0.717) is 5.69 Å². The summed E-state index contributed by atoms with van der Waals surface area (Å²) in [6, 6.07) is 8.12. The van der Waals surface area contributed by atoms with Crippen LogP contribution in [0.2, 0.25) is 0 Å². The molecular weight excluding hydrogens is 200 g/mol. The molecule has 0 aliphatic heterocycles. The fourth-order valence-corrected chi connectivity index (χ4v) is 1.73. The molecule has 0 unspecified atom stereocenters. The molecule has 2 rings (SSSR count). The predicted octanol–water partition coefficient (Wildman–Crippen LogP) is 2.66. The van der Waals surface area contributed by atoms with Gasteiger partial charge in [-0.2, -0.15) is 5.10 Å². The van der Waals surface area contributed by atoms with Gasteiger partial charge >= 0.3 is 0 Å². The molecule has 1 aromatic heterocycles. The highest BCUT2D eigenvalue weighted by Gasteiger charge is 2.13. The Morgan fingerprint density at radius 1 is 1.38 bits per heavy atom. The van der Waals surface area contributed by atoms with Crippen molar-refractivity contribution in [2.24, 2.45) is 7.05 Å². The van der Waals surface area contributed by atoms with Crippen LogP contribution >= 0.6 is 0 Å². The van der Waals surface area contributed by atoms with Gasteiger partial charge in [-0.25, -0.2) is 0 Å². The van der Waals surface area contributed by atoms with E-state index in [1.165, 1.54) is 5.56 Å². The molecule has 0 aliphatic carbocycles. The van der Waals surface area contributed by atoms with Crippen molar-refractivity contribution in [3.63, 3.8) is 0 Å². The summed E-state index contributed by atoms with van der Waals surface area (Å²) in [5.74, 6) is 0.274. The van der Waals surface area contributed by atoms with E-state index < -0.39 is 0 Å². The molecule has 2 aromatic rings. The Morgan fingerprint density at radius 2 is 2.12 bits per heavy atom. The third-order valence-electron chi connectivity index (χ3n) is 2.91. The molecular formula is C13H16N2O. The van der Waals surface area contributed by atoms with E-state index in [-0.39, 0.29) is 5.75 Å². The Hall–Kier alpha value is -1.77. The first kappa shape index (κ1) is 10.7. The van der Waals surface area contributed by atoms with E-state index in [1.54, 1.807) is 4.68 Å². The first-order valence-corrected chi connectivity index (χ1v) is 5.45. The van der Waals surface area contributed by atoms with Gasteiger partial charge in [0.05, 0.1) is 5.69 Å². The molecule has 1 heterocycles. The van der Waals surface area contributed by atoms with Crippen LogP contribution in [0.5, 0.6) is 5.75 Å². The Kier molecular flexibility index (Phi) is 2.69. The van der Waals surface area contributed by atoms with Gasteiger partial charge in [0.1, 0.15) is 5.69 Å². The number of hydrogen-bond acceptors (Lipinski definition) is 2. The summed E-state index contributed by atoms with van der Waals surface area (Å²) in [4.78, 5) is 0. The van der Waals surface area contributed by atoms with Crippen LogP contribution in [0, 0.1) is 6.92 Å². The number of rotatable bonds is 2. The minimum Gasteiger partial charge on any atom is -0.504 e. The molecule has 0 bridgehead atoms. The zero-order valence-corrected chi connectivity index (χ0v) is 9.86. The first-order chi connectivity index (χ1) is 7.63. The van der Waals surface area contributed by atoms with Crippen molar-refractivity contribution < 1.29 is 5.11 Å². The zero-order chi connectivity index (χ0) is 11.7. The maximum atomic E-state index is 9.95. The van der Waals surface area contributed by atoms with Gasteiger partial charge in [0.25, 0.3) is 0 Å². The maximum Gasteiger partial charge on any atom is 0.164 e. The maximum absolute atomic E-state index is 9.95. The van der Waals surface area contributed by atoms with Crippen molar-refractivity contribution in [2.45, 2.75) is 20.3 Å². The minimum atomic E-state index is 0.274. The first-order valence-electron chi connectivity index (χ1n) is 5.45. The Morgan fingerprint density at radius 3 is 2.69 bits per heavy atom. The van der Waals surface area contributed by atoms with E-state index in [0.717, 1.165) is 17.7 Å². The van der Waals surface area contributed by atoms with Crippen LogP contribution in [0.25, 0.3) is 11.3 Å². The fourth-order valence-electron chi connectivity index (χ4n) is 1.73. The third-order valence-corrected chi connectivity index (χ3v) is 2.91. The van der Waals surface area contributed by atoms with E-state index in [2.05, 4.69) is 24.2 Å². The molecule has 0 aliphatic rings. The van der Waals surface area contributed by atoms with Crippen molar-refractivity contribution in [1.82, 2.24) is 9.78 Å². The summed E-state index contributed by atoms with van der Waals surface area (Å²) in [7, 11) is 1.84. The van der Waals surface area contributed by atoms with E-state index in [1.807, 2.05) is 26.1 Å². The zero-order valence-electron chi connectivity index (χ0n) is 9.86. The summed E-state index contributed by atoms with van der Waals surface area (Å²) >= 11 is 0. The molecule has 84 valence electrons. The second-order valence-corrected chi connectivity index (χ2v) is 3.96. The summed E-state index contributed by atoms with van der Waals surface area (Å²) < 4.78 is 1.70. The normalized spacial score (nSPS) is 10.7. The minimum absolute atomic E-state index is 0.274. The lowest BCUT2D eigenvalue weighted by Crippen LogP contribution is -1.92. The monoisotopic (exact) mass is 216 g/mol. The summed E-state index contributed by atoms with van der Waals surface area (Å²) in [6.07, 6.45) is 0.987. The number of aryl methyl sites for hydroxylation is 2. The molecule has 0 amide bonds. The van der Waals surface area contributed by atoms with E-state index >= 15 is 0 Å². The fraction of sp³-hybridized carbons (Fsp3) is 0.308. The summed E-state index contributed by atoms with van der Waals surface area (Å²) in [5.41, 5.74) is 3.67. The van der Waals surface area contributed by atoms with Gasteiger partial charge in [0.2, 0.25) is 0 Å². The lowest BCUT2D eigenvalue weighted by molar-refractivity contribution is 0.471. The molecule has 0 fully saturated rings. The molecule has 1 N–H and O–H groups in total. The lowest BCUT2D eigenvalue weighted by Gasteiger charge is -2.01. The quantitative estimate of drug-likeness (QED) is 0.838. The van der Waals surface area contributed by atoms with E-state index in [4.69, 9.17) is 0 Å². The predicted molar refractivity (Wildman–Crippen MR) is 64.4 cm³/mol. The highest BCUT2D eigenvalue weighted by molar-refractivity contribution is 5.67. The molecule has 0 atom stereocenters. The topological polar surface area (TPSA) is 38.0 Å². The van der Waals surface area contributed by atoms with Crippen LogP contribution in [0.1, 0.15) is 18.2 Å². The lowest BCUT2D eigenvalue weighted by atomic mass is 10.1. The smallest absolute Gasteiger partial charge is 0.164 e. The Balaban J connectivity index is 2.54. The number of aromatic hydroxyl groups is 1. The third kappa shape index (κ3) is 1.69. The van der Waals surface area contributed by atoms with Crippen LogP contribution in [0.15, 0.2) is 24.3 Å². The summed E-state index contributed by atoms with van der Waals surface area (Å²) in [6.45, 7) is 3.97. The average molecular weight is 216 g/mol. The van der Waals surface area contributed by atoms with Gasteiger partial charge in [0, 0.05) is 12.6 Å². The molecule has 0 spiro atoms. The Labute approximate surface area is 95.3 Å². The van der Waals surface area contributed by atoms with E-state index in [9.17, 15) is 5.11 Å². The van der Waals surface area contributed by atoms with Crippen molar-refractivity contribution >= 4 is 0 Å². The highest BCUT2D eigenvalue weighted by atomic mass is 16.3. The molecule has 1 aromatic carbocycles. The van der Waals surface area contributed by atoms with Crippen molar-refractivity contribution in [1.29, 1.82) is 0 Å². The standard InChI is InChI=1S/C13H16N2O/c1-4-10-6-5-7-11(8-10)12-13(16)9(2)15(3)14-12/h5-8,16H,4H2,1-3H3. The molecule has 3 heteroatoms. The van der Waals surface area contributed by atoms with Crippen molar-refractivity contribution in [2.75, 3.05) is 0 Å². The van der Waals surface area contributed by atoms with Crippen molar-refractivity contribution in [3.8, 4) is 17.0 Å². The van der Waals surface area contributed by atoms with Gasteiger partial charge in [0.15, 0.2) is 5.75 Å². The number of hydrogen-bond donors (Lipinski definition) is 1. The van der Waals surface area contributed by atoms with Crippen LogP contribution in [-0.4, -0.2) is 14.9 Å². The largest absolute Gasteiger partial charge is 0.504 e. The molecule has 16 heavy (non-hydrogen) atoms. The van der Waals surface area contributed by atoms with Crippen LogP contribution in [0.3, 0.4) is 0 Å². The van der Waals surface area contributed by atoms with Crippen LogP contribution in [0.4, 0.5) is 0 Å². The summed E-state index contributed by atoms with van der Waals surface area (Å²) in [5, 5.41) is 14.3. The molecule has 0 saturated heterocycles. The molecule has 0 radical (unpaired) electrons. The van der Waals surface area contributed by atoms with Gasteiger partial charge in [-0.05, 0) is 25.0 Å². The average Bonchev–Trinajstić information content (AvgIpc) is 2.57. The van der Waals surface area contributed by atoms with Gasteiger partial charge in [-0.3, -0.25) is 4.68 Å². The number of aromatic nitrogens is 2. The molecule has 3 nitrogen and oxygen atoms in total.